The van der Waals surface area contributed by atoms with Crippen molar-refractivity contribution in [2.24, 2.45) is 0 Å². The Morgan fingerprint density at radius 2 is 1.97 bits per heavy atom. The van der Waals surface area contributed by atoms with Crippen LogP contribution in [-0.4, -0.2) is 43.8 Å². The second kappa shape index (κ2) is 9.70. The van der Waals surface area contributed by atoms with Gasteiger partial charge >= 0.3 is 0 Å². The van der Waals surface area contributed by atoms with Gasteiger partial charge in [-0.3, -0.25) is 9.69 Å². The zero-order valence-corrected chi connectivity index (χ0v) is 21.3. The van der Waals surface area contributed by atoms with Gasteiger partial charge in [-0.05, 0) is 69.0 Å². The molecule has 4 rings (SSSR count). The maximum atomic E-state index is 13.4. The lowest BCUT2D eigenvalue weighted by molar-refractivity contribution is -0.118. The molecule has 1 fully saturated rings. The molecule has 2 heterocycles. The third-order valence-electron chi connectivity index (χ3n) is 5.91. The Morgan fingerprint density at radius 1 is 1.24 bits per heavy atom. The molecule has 1 unspecified atom stereocenters. The van der Waals surface area contributed by atoms with Gasteiger partial charge in [0, 0.05) is 11.6 Å². The van der Waals surface area contributed by atoms with E-state index in [0.29, 0.717) is 23.3 Å². The molecule has 0 aliphatic carbocycles. The summed E-state index contributed by atoms with van der Waals surface area (Å²) in [6.45, 7) is 6.37. The van der Waals surface area contributed by atoms with Crippen LogP contribution in [0.2, 0.25) is 5.02 Å². The topological polar surface area (TPSA) is 76.6 Å². The Balaban J connectivity index is 1.61. The summed E-state index contributed by atoms with van der Waals surface area (Å²) in [7, 11) is -3.35. The number of carbonyl (C=O) groups is 1. The molecule has 1 aliphatic heterocycles. The quantitative estimate of drug-likeness (QED) is 0.440. The lowest BCUT2D eigenvalue weighted by Crippen LogP contribution is -2.38. The predicted molar refractivity (Wildman–Crippen MR) is 133 cm³/mol. The molecule has 0 saturated carbocycles. The van der Waals surface area contributed by atoms with E-state index in [4.69, 9.17) is 21.3 Å². The van der Waals surface area contributed by atoms with E-state index in [9.17, 15) is 13.2 Å². The van der Waals surface area contributed by atoms with Crippen LogP contribution < -0.4 is 4.90 Å². The first kappa shape index (κ1) is 24.1. The Hall–Kier alpha value is -2.00. The summed E-state index contributed by atoms with van der Waals surface area (Å²) in [5.41, 5.74) is 2.44. The number of hydrogen-bond acceptors (Lipinski definition) is 6. The summed E-state index contributed by atoms with van der Waals surface area (Å²) in [5, 5.41) is 0.769. The predicted octanol–water partition coefficient (Wildman–Crippen LogP) is 5.19. The Morgan fingerprint density at radius 3 is 2.61 bits per heavy atom. The van der Waals surface area contributed by atoms with Crippen LogP contribution in [0, 0.1) is 6.92 Å². The van der Waals surface area contributed by atoms with Gasteiger partial charge < -0.3 is 4.74 Å². The fourth-order valence-electron chi connectivity index (χ4n) is 3.82. The molecule has 1 atom stereocenters. The highest BCUT2D eigenvalue weighted by Crippen LogP contribution is 2.34. The standard InChI is InChI=1S/C24H27ClN2O4S2/c1-15(2)33(29,30)19-8-6-17(7-9-19)13-22(28)27(14-18-5-4-12-31-18)24-26-23-16(3)20(25)10-11-21(23)32-24/h6-11,15,18H,4-5,12-14H2,1-3H3. The molecule has 3 aromatic rings. The molecule has 2 aromatic carbocycles. The average Bonchev–Trinajstić information content (AvgIpc) is 3.45. The number of rotatable bonds is 7. The molecule has 1 aliphatic rings. The molecule has 0 bridgehead atoms. The van der Waals surface area contributed by atoms with Crippen LogP contribution in [-0.2, 0) is 25.8 Å². The smallest absolute Gasteiger partial charge is 0.233 e. The number of fused-ring (bicyclic) bond motifs is 1. The van der Waals surface area contributed by atoms with Gasteiger partial charge in [0.2, 0.25) is 5.91 Å². The van der Waals surface area contributed by atoms with Gasteiger partial charge in [0.25, 0.3) is 0 Å². The zero-order valence-electron chi connectivity index (χ0n) is 18.9. The maximum absolute atomic E-state index is 13.4. The highest BCUT2D eigenvalue weighted by Gasteiger charge is 2.27. The molecule has 1 saturated heterocycles. The average molecular weight is 507 g/mol. The number of thiazole rings is 1. The third-order valence-corrected chi connectivity index (χ3v) is 9.53. The van der Waals surface area contributed by atoms with E-state index in [1.807, 2.05) is 19.1 Å². The van der Waals surface area contributed by atoms with E-state index < -0.39 is 15.1 Å². The number of aromatic nitrogens is 1. The van der Waals surface area contributed by atoms with Gasteiger partial charge in [-0.2, -0.15) is 0 Å². The van der Waals surface area contributed by atoms with Crippen LogP contribution >= 0.6 is 22.9 Å². The summed E-state index contributed by atoms with van der Waals surface area (Å²) < 4.78 is 31.5. The van der Waals surface area contributed by atoms with Crippen LogP contribution in [0.1, 0.15) is 37.8 Å². The number of carbonyl (C=O) groups excluding carboxylic acids is 1. The number of amides is 1. The zero-order chi connectivity index (χ0) is 23.8. The molecular formula is C24H27ClN2O4S2. The number of anilines is 1. The minimum absolute atomic E-state index is 0.0239. The SMILES string of the molecule is Cc1c(Cl)ccc2sc(N(CC3CCCO3)C(=O)Cc3ccc(S(=O)(=O)C(C)C)cc3)nc12. The number of aryl methyl sites for hydroxylation is 1. The van der Waals surface area contributed by atoms with Crippen molar-refractivity contribution in [3.8, 4) is 0 Å². The summed E-state index contributed by atoms with van der Waals surface area (Å²) in [6.07, 6.45) is 2.00. The van der Waals surface area contributed by atoms with Crippen molar-refractivity contribution in [1.29, 1.82) is 0 Å². The summed E-state index contributed by atoms with van der Waals surface area (Å²) >= 11 is 7.73. The van der Waals surface area contributed by atoms with Crippen LogP contribution in [0.4, 0.5) is 5.13 Å². The second-order valence-electron chi connectivity index (χ2n) is 8.57. The summed E-state index contributed by atoms with van der Waals surface area (Å²) in [6, 6.07) is 10.3. The molecule has 176 valence electrons. The van der Waals surface area contributed by atoms with Gasteiger partial charge in [-0.25, -0.2) is 13.4 Å². The number of sulfone groups is 1. The van der Waals surface area contributed by atoms with Gasteiger partial charge in [0.1, 0.15) is 0 Å². The minimum Gasteiger partial charge on any atom is -0.376 e. The Kier molecular flexibility index (Phi) is 7.09. The molecule has 1 amide bonds. The number of ether oxygens (including phenoxy) is 1. The van der Waals surface area contributed by atoms with Crippen LogP contribution in [0.15, 0.2) is 41.3 Å². The van der Waals surface area contributed by atoms with Crippen LogP contribution in [0.5, 0.6) is 0 Å². The molecular weight excluding hydrogens is 480 g/mol. The van der Waals surface area contributed by atoms with E-state index in [-0.39, 0.29) is 23.3 Å². The third kappa shape index (κ3) is 5.09. The first-order valence-electron chi connectivity index (χ1n) is 11.0. The number of hydrogen-bond donors (Lipinski definition) is 0. The number of halogens is 1. The normalized spacial score (nSPS) is 16.6. The largest absolute Gasteiger partial charge is 0.376 e. The second-order valence-corrected chi connectivity index (χ2v) is 12.5. The molecule has 6 nitrogen and oxygen atoms in total. The fourth-order valence-corrected chi connectivity index (χ4v) is 6.09. The van der Waals surface area contributed by atoms with Crippen LogP contribution in [0.3, 0.4) is 0 Å². The molecule has 1 aromatic heterocycles. The molecule has 0 spiro atoms. The van der Waals surface area contributed by atoms with Crippen molar-refractivity contribution in [3.05, 3.63) is 52.5 Å². The summed E-state index contributed by atoms with van der Waals surface area (Å²) in [4.78, 5) is 20.1. The van der Waals surface area contributed by atoms with Crippen molar-refractivity contribution in [3.63, 3.8) is 0 Å². The van der Waals surface area contributed by atoms with Gasteiger partial charge in [-0.1, -0.05) is 35.1 Å². The van der Waals surface area contributed by atoms with Gasteiger partial charge in [0.15, 0.2) is 15.0 Å². The van der Waals surface area contributed by atoms with Crippen molar-refractivity contribution >= 4 is 54.0 Å². The van der Waals surface area contributed by atoms with E-state index in [2.05, 4.69) is 0 Å². The number of benzene rings is 2. The minimum atomic E-state index is -3.35. The first-order valence-corrected chi connectivity index (χ1v) is 13.7. The number of nitrogens with zero attached hydrogens (tertiary/aromatic N) is 2. The highest BCUT2D eigenvalue weighted by molar-refractivity contribution is 7.92. The van der Waals surface area contributed by atoms with Crippen molar-refractivity contribution in [2.75, 3.05) is 18.1 Å². The van der Waals surface area contributed by atoms with Crippen molar-refractivity contribution in [2.45, 2.75) is 56.3 Å². The van der Waals surface area contributed by atoms with E-state index in [0.717, 1.165) is 34.2 Å². The summed E-state index contributed by atoms with van der Waals surface area (Å²) in [5.74, 6) is -0.104. The van der Waals surface area contributed by atoms with Gasteiger partial charge in [0.05, 0.1) is 39.4 Å². The van der Waals surface area contributed by atoms with Crippen LogP contribution in [0.25, 0.3) is 10.2 Å². The van der Waals surface area contributed by atoms with E-state index in [1.165, 1.54) is 11.3 Å². The molecule has 33 heavy (non-hydrogen) atoms. The van der Waals surface area contributed by atoms with E-state index >= 15 is 0 Å². The van der Waals surface area contributed by atoms with Crippen molar-refractivity contribution < 1.29 is 17.9 Å². The lowest BCUT2D eigenvalue weighted by Gasteiger charge is -2.23. The molecule has 9 heteroatoms. The fraction of sp³-hybridized carbons (Fsp3) is 0.417. The maximum Gasteiger partial charge on any atom is 0.233 e. The molecule has 0 radical (unpaired) electrons. The Bertz CT molecular complexity index is 1260. The van der Waals surface area contributed by atoms with E-state index in [1.54, 1.807) is 43.0 Å². The lowest BCUT2D eigenvalue weighted by atomic mass is 10.1. The van der Waals surface area contributed by atoms with Crippen molar-refractivity contribution in [1.82, 2.24) is 4.98 Å². The first-order chi connectivity index (χ1) is 15.7. The molecule has 0 N–H and O–H groups in total. The monoisotopic (exact) mass is 506 g/mol. The Labute approximate surface area is 203 Å². The highest BCUT2D eigenvalue weighted by atomic mass is 35.5. The van der Waals surface area contributed by atoms with Gasteiger partial charge in [-0.15, -0.1) is 0 Å².